The smallest absolute Gasteiger partial charge is 0.239 e. The molecule has 0 saturated heterocycles. The first-order valence-electron chi connectivity index (χ1n) is 5.57. The first kappa shape index (κ1) is 12.3. The van der Waals surface area contributed by atoms with Crippen LogP contribution in [-0.2, 0) is 11.3 Å². The number of nitrogens with zero attached hydrogens (tertiary/aromatic N) is 2. The summed E-state index contributed by atoms with van der Waals surface area (Å²) in [6.45, 7) is 2.60. The van der Waals surface area contributed by atoms with Gasteiger partial charge in [0.25, 0.3) is 0 Å². The molecule has 0 saturated carbocycles. The van der Waals surface area contributed by atoms with Crippen LogP contribution in [0.2, 0.25) is 0 Å². The number of anilines is 1. The summed E-state index contributed by atoms with van der Waals surface area (Å²) >= 11 is 0. The summed E-state index contributed by atoms with van der Waals surface area (Å²) in [5.41, 5.74) is 1.08. The van der Waals surface area contributed by atoms with Crippen LogP contribution in [0.3, 0.4) is 0 Å². The molecule has 0 aromatic carbocycles. The Morgan fingerprint density at radius 2 is 2.17 bits per heavy atom. The van der Waals surface area contributed by atoms with Crippen molar-refractivity contribution >= 4 is 11.7 Å². The fourth-order valence-corrected chi connectivity index (χ4v) is 1.43. The fraction of sp³-hybridized carbons (Fsp3) is 0.250. The van der Waals surface area contributed by atoms with E-state index in [1.165, 1.54) is 0 Å². The summed E-state index contributed by atoms with van der Waals surface area (Å²) in [4.78, 5) is 15.5. The summed E-state index contributed by atoms with van der Waals surface area (Å²) in [7, 11) is 0. The molecule has 6 nitrogen and oxygen atoms in total. The fourth-order valence-electron chi connectivity index (χ4n) is 1.43. The lowest BCUT2D eigenvalue weighted by atomic mass is 10.3. The summed E-state index contributed by atoms with van der Waals surface area (Å²) in [5.74, 6) is 0.940. The molecule has 0 atom stereocenters. The highest BCUT2D eigenvalue weighted by Gasteiger charge is 2.05. The van der Waals surface area contributed by atoms with Crippen LogP contribution in [-0.4, -0.2) is 22.6 Å². The van der Waals surface area contributed by atoms with Crippen LogP contribution in [0, 0.1) is 6.92 Å². The first-order chi connectivity index (χ1) is 8.74. The molecule has 2 heterocycles. The maximum absolute atomic E-state index is 11.5. The highest BCUT2D eigenvalue weighted by atomic mass is 16.5. The normalized spacial score (nSPS) is 10.3. The van der Waals surface area contributed by atoms with Gasteiger partial charge in [0.15, 0.2) is 5.82 Å². The van der Waals surface area contributed by atoms with E-state index in [2.05, 4.69) is 20.8 Å². The molecule has 18 heavy (non-hydrogen) atoms. The van der Waals surface area contributed by atoms with E-state index >= 15 is 0 Å². The predicted octanol–water partition coefficient (Wildman–Crippen LogP) is 1.11. The lowest BCUT2D eigenvalue weighted by Gasteiger charge is -2.04. The average Bonchev–Trinajstić information content (AvgIpc) is 2.76. The number of rotatable bonds is 5. The van der Waals surface area contributed by atoms with Crippen LogP contribution in [0.4, 0.5) is 5.82 Å². The van der Waals surface area contributed by atoms with Crippen molar-refractivity contribution in [2.45, 2.75) is 13.5 Å². The van der Waals surface area contributed by atoms with Gasteiger partial charge in [0, 0.05) is 25.0 Å². The monoisotopic (exact) mass is 246 g/mol. The zero-order valence-electron chi connectivity index (χ0n) is 10.0. The average molecular weight is 246 g/mol. The predicted molar refractivity (Wildman–Crippen MR) is 65.8 cm³/mol. The van der Waals surface area contributed by atoms with Crippen LogP contribution < -0.4 is 10.6 Å². The summed E-state index contributed by atoms with van der Waals surface area (Å²) < 4.78 is 4.85. The van der Waals surface area contributed by atoms with Crippen LogP contribution in [0.15, 0.2) is 35.1 Å². The third-order valence-electron chi connectivity index (χ3n) is 2.26. The zero-order chi connectivity index (χ0) is 12.8. The molecule has 2 N–H and O–H groups in total. The number of carbonyl (C=O) groups is 1. The quantitative estimate of drug-likeness (QED) is 0.826. The lowest BCUT2D eigenvalue weighted by Crippen LogP contribution is -2.27. The molecule has 2 aromatic rings. The molecule has 0 bridgehead atoms. The highest BCUT2D eigenvalue weighted by Crippen LogP contribution is 2.06. The Labute approximate surface area is 104 Å². The summed E-state index contributed by atoms with van der Waals surface area (Å²) in [6, 6.07) is 5.46. The molecule has 0 unspecified atom stereocenters. The Morgan fingerprint density at radius 3 is 2.83 bits per heavy atom. The SMILES string of the molecule is Cc1cc(NC(=O)CNCc2ccncc2)no1. The van der Waals surface area contributed by atoms with E-state index < -0.39 is 0 Å². The van der Waals surface area contributed by atoms with Gasteiger partial charge in [-0.1, -0.05) is 5.16 Å². The van der Waals surface area contributed by atoms with Crippen molar-refractivity contribution in [3.63, 3.8) is 0 Å². The Hall–Kier alpha value is -2.21. The second-order valence-corrected chi connectivity index (χ2v) is 3.83. The molecule has 2 aromatic heterocycles. The van der Waals surface area contributed by atoms with Gasteiger partial charge in [-0.05, 0) is 24.6 Å². The van der Waals surface area contributed by atoms with E-state index in [1.807, 2.05) is 12.1 Å². The van der Waals surface area contributed by atoms with Crippen LogP contribution in [0.25, 0.3) is 0 Å². The standard InChI is InChI=1S/C12H14N4O2/c1-9-6-11(16-18-9)15-12(17)8-14-7-10-2-4-13-5-3-10/h2-6,14H,7-8H2,1H3,(H,15,16,17). The maximum atomic E-state index is 11.5. The summed E-state index contributed by atoms with van der Waals surface area (Å²) in [5, 5.41) is 9.34. The van der Waals surface area contributed by atoms with E-state index in [-0.39, 0.29) is 12.5 Å². The van der Waals surface area contributed by atoms with Crippen molar-refractivity contribution in [3.8, 4) is 0 Å². The van der Waals surface area contributed by atoms with Crippen molar-refractivity contribution in [3.05, 3.63) is 41.9 Å². The van der Waals surface area contributed by atoms with Crippen LogP contribution in [0.1, 0.15) is 11.3 Å². The van der Waals surface area contributed by atoms with E-state index in [9.17, 15) is 4.79 Å². The Morgan fingerprint density at radius 1 is 1.39 bits per heavy atom. The maximum Gasteiger partial charge on any atom is 0.239 e. The molecule has 0 aliphatic carbocycles. The van der Waals surface area contributed by atoms with E-state index in [0.717, 1.165) is 5.56 Å². The second kappa shape index (κ2) is 5.92. The van der Waals surface area contributed by atoms with Gasteiger partial charge in [0.05, 0.1) is 6.54 Å². The largest absolute Gasteiger partial charge is 0.360 e. The highest BCUT2D eigenvalue weighted by molar-refractivity contribution is 5.91. The van der Waals surface area contributed by atoms with Crippen molar-refractivity contribution in [2.24, 2.45) is 0 Å². The molecular weight excluding hydrogens is 232 g/mol. The minimum absolute atomic E-state index is 0.155. The molecule has 0 fully saturated rings. The van der Waals surface area contributed by atoms with Crippen molar-refractivity contribution in [1.82, 2.24) is 15.5 Å². The number of pyridine rings is 1. The molecule has 6 heteroatoms. The molecule has 0 radical (unpaired) electrons. The van der Waals surface area contributed by atoms with Crippen molar-refractivity contribution < 1.29 is 9.32 Å². The van der Waals surface area contributed by atoms with E-state index in [4.69, 9.17) is 4.52 Å². The second-order valence-electron chi connectivity index (χ2n) is 3.83. The molecule has 1 amide bonds. The van der Waals surface area contributed by atoms with E-state index in [1.54, 1.807) is 25.4 Å². The van der Waals surface area contributed by atoms with E-state index in [0.29, 0.717) is 18.1 Å². The molecule has 0 aliphatic rings. The Balaban J connectivity index is 1.72. The lowest BCUT2D eigenvalue weighted by molar-refractivity contribution is -0.115. The molecular formula is C12H14N4O2. The topological polar surface area (TPSA) is 80.0 Å². The van der Waals surface area contributed by atoms with Gasteiger partial charge in [0.2, 0.25) is 5.91 Å². The molecule has 0 spiro atoms. The van der Waals surface area contributed by atoms with Crippen molar-refractivity contribution in [1.29, 1.82) is 0 Å². The minimum atomic E-state index is -0.155. The number of carbonyl (C=O) groups excluding carboxylic acids is 1. The van der Waals surface area contributed by atoms with Gasteiger partial charge < -0.3 is 15.2 Å². The van der Waals surface area contributed by atoms with Crippen molar-refractivity contribution in [2.75, 3.05) is 11.9 Å². The Kier molecular flexibility index (Phi) is 4.03. The number of aryl methyl sites for hydroxylation is 1. The zero-order valence-corrected chi connectivity index (χ0v) is 10.0. The third kappa shape index (κ3) is 3.67. The third-order valence-corrected chi connectivity index (χ3v) is 2.26. The van der Waals surface area contributed by atoms with Gasteiger partial charge in [-0.15, -0.1) is 0 Å². The van der Waals surface area contributed by atoms with Crippen LogP contribution in [0.5, 0.6) is 0 Å². The number of aromatic nitrogens is 2. The van der Waals surface area contributed by atoms with Gasteiger partial charge in [0.1, 0.15) is 5.76 Å². The Bertz CT molecular complexity index is 510. The number of amides is 1. The minimum Gasteiger partial charge on any atom is -0.360 e. The summed E-state index contributed by atoms with van der Waals surface area (Å²) in [6.07, 6.45) is 3.44. The number of hydrogen-bond acceptors (Lipinski definition) is 5. The van der Waals surface area contributed by atoms with Gasteiger partial charge in [-0.3, -0.25) is 9.78 Å². The van der Waals surface area contributed by atoms with Gasteiger partial charge in [-0.2, -0.15) is 0 Å². The number of nitrogens with one attached hydrogen (secondary N) is 2. The van der Waals surface area contributed by atoms with Crippen LogP contribution >= 0.6 is 0 Å². The van der Waals surface area contributed by atoms with Gasteiger partial charge in [-0.25, -0.2) is 0 Å². The first-order valence-corrected chi connectivity index (χ1v) is 5.57. The molecule has 2 rings (SSSR count). The molecule has 94 valence electrons. The molecule has 0 aliphatic heterocycles. The number of hydrogen-bond donors (Lipinski definition) is 2. The van der Waals surface area contributed by atoms with Gasteiger partial charge >= 0.3 is 0 Å².